The first-order chi connectivity index (χ1) is 15.5. The van der Waals surface area contributed by atoms with E-state index in [4.69, 9.17) is 0 Å². The zero-order valence-corrected chi connectivity index (χ0v) is 18.2. The first kappa shape index (κ1) is 23.2. The van der Waals surface area contributed by atoms with Crippen molar-refractivity contribution >= 4 is 29.3 Å². The van der Waals surface area contributed by atoms with Gasteiger partial charge < -0.3 is 20.6 Å². The van der Waals surface area contributed by atoms with Crippen molar-refractivity contribution < 1.29 is 19.5 Å². The number of nitrogens with one attached hydrogen (secondary N) is 2. The molecule has 1 aromatic carbocycles. The zero-order valence-electron chi connectivity index (χ0n) is 18.2. The molecule has 32 heavy (non-hydrogen) atoms. The van der Waals surface area contributed by atoms with Crippen LogP contribution in [0.1, 0.15) is 40.5 Å². The number of amides is 2. The molecule has 0 aliphatic carbocycles. The summed E-state index contributed by atoms with van der Waals surface area (Å²) in [6.07, 6.45) is 3.47. The van der Waals surface area contributed by atoms with Crippen LogP contribution in [0.4, 0.5) is 11.5 Å². The molecule has 0 atom stereocenters. The van der Waals surface area contributed by atoms with Crippen LogP contribution in [-0.4, -0.2) is 72.0 Å². The van der Waals surface area contributed by atoms with Gasteiger partial charge in [-0.15, -0.1) is 0 Å². The lowest BCUT2D eigenvalue weighted by atomic mass is 10.2. The number of carbonyl (C=O) groups is 3. The van der Waals surface area contributed by atoms with Gasteiger partial charge in [0, 0.05) is 38.3 Å². The lowest BCUT2D eigenvalue weighted by Gasteiger charge is -2.35. The normalized spacial score (nSPS) is 14.1. The molecule has 0 saturated carbocycles. The molecule has 2 aromatic rings. The molecule has 9 heteroatoms. The smallest absolute Gasteiger partial charge is 0.339 e. The summed E-state index contributed by atoms with van der Waals surface area (Å²) in [5.74, 6) is -1.07. The molecule has 3 rings (SSSR count). The fourth-order valence-electron chi connectivity index (χ4n) is 3.51. The number of carboxylic acid groups (broad SMARTS) is 1. The van der Waals surface area contributed by atoms with E-state index in [1.165, 1.54) is 12.3 Å². The summed E-state index contributed by atoms with van der Waals surface area (Å²) in [6.45, 7) is 5.49. The number of aromatic carboxylic acids is 1. The summed E-state index contributed by atoms with van der Waals surface area (Å²) >= 11 is 0. The van der Waals surface area contributed by atoms with Crippen LogP contribution < -0.4 is 15.5 Å². The second-order valence-electron chi connectivity index (χ2n) is 7.69. The highest BCUT2D eigenvalue weighted by atomic mass is 16.4. The van der Waals surface area contributed by atoms with Gasteiger partial charge in [0.2, 0.25) is 5.91 Å². The molecule has 1 aliphatic heterocycles. The Morgan fingerprint density at radius 3 is 2.47 bits per heavy atom. The molecule has 0 bridgehead atoms. The summed E-state index contributed by atoms with van der Waals surface area (Å²) < 4.78 is 0. The molecule has 1 aromatic heterocycles. The number of pyridine rings is 1. The van der Waals surface area contributed by atoms with Gasteiger partial charge in [0.25, 0.3) is 5.91 Å². The first-order valence-corrected chi connectivity index (χ1v) is 10.8. The Kier molecular flexibility index (Phi) is 8.15. The summed E-state index contributed by atoms with van der Waals surface area (Å²) in [4.78, 5) is 44.5. The van der Waals surface area contributed by atoms with Crippen LogP contribution in [-0.2, 0) is 4.79 Å². The number of carbonyl (C=O) groups excluding carboxylic acids is 2. The van der Waals surface area contributed by atoms with Crippen LogP contribution in [0.2, 0.25) is 0 Å². The topological polar surface area (TPSA) is 115 Å². The number of nitrogens with zero attached hydrogens (tertiary/aromatic N) is 3. The van der Waals surface area contributed by atoms with Gasteiger partial charge in [0.15, 0.2) is 0 Å². The number of unbranched alkanes of at least 4 members (excludes halogenated alkanes) is 1. The third-order valence-electron chi connectivity index (χ3n) is 5.28. The monoisotopic (exact) mass is 439 g/mol. The minimum absolute atomic E-state index is 0.00904. The highest BCUT2D eigenvalue weighted by molar-refractivity contribution is 6.05. The Hall–Kier alpha value is -3.46. The average Bonchev–Trinajstić information content (AvgIpc) is 2.80. The van der Waals surface area contributed by atoms with Crippen LogP contribution in [0.5, 0.6) is 0 Å². The molecule has 2 amide bonds. The van der Waals surface area contributed by atoms with Crippen molar-refractivity contribution in [2.24, 2.45) is 0 Å². The van der Waals surface area contributed by atoms with E-state index in [-0.39, 0.29) is 17.4 Å². The molecule has 1 fully saturated rings. The maximum absolute atomic E-state index is 12.4. The van der Waals surface area contributed by atoms with Crippen LogP contribution in [0.3, 0.4) is 0 Å². The van der Waals surface area contributed by atoms with Gasteiger partial charge in [-0.05, 0) is 24.6 Å². The minimum atomic E-state index is -1.11. The van der Waals surface area contributed by atoms with Crippen molar-refractivity contribution in [1.82, 2.24) is 15.2 Å². The van der Waals surface area contributed by atoms with Gasteiger partial charge in [-0.3, -0.25) is 14.5 Å². The van der Waals surface area contributed by atoms with E-state index in [9.17, 15) is 19.5 Å². The largest absolute Gasteiger partial charge is 0.478 e. The number of benzene rings is 1. The first-order valence-electron chi connectivity index (χ1n) is 10.8. The lowest BCUT2D eigenvalue weighted by molar-refractivity contribution is -0.122. The van der Waals surface area contributed by atoms with Crippen LogP contribution in [0, 0.1) is 0 Å². The summed E-state index contributed by atoms with van der Waals surface area (Å²) in [5.41, 5.74) is 0.826. The Balaban J connectivity index is 1.61. The molecular formula is C23H29N5O4. The summed E-state index contributed by atoms with van der Waals surface area (Å²) in [5, 5.41) is 15.3. The van der Waals surface area contributed by atoms with Crippen molar-refractivity contribution in [3.8, 4) is 0 Å². The number of carboxylic acids is 1. The van der Waals surface area contributed by atoms with E-state index in [1.807, 2.05) is 15.9 Å². The van der Waals surface area contributed by atoms with Crippen molar-refractivity contribution in [2.45, 2.75) is 19.8 Å². The Morgan fingerprint density at radius 1 is 1.09 bits per heavy atom. The van der Waals surface area contributed by atoms with E-state index >= 15 is 0 Å². The van der Waals surface area contributed by atoms with Gasteiger partial charge in [0.1, 0.15) is 11.4 Å². The predicted octanol–water partition coefficient (Wildman–Crippen LogP) is 2.07. The second-order valence-corrected chi connectivity index (χ2v) is 7.69. The maximum Gasteiger partial charge on any atom is 0.339 e. The Morgan fingerprint density at radius 2 is 1.81 bits per heavy atom. The number of hydrogen-bond acceptors (Lipinski definition) is 6. The van der Waals surface area contributed by atoms with E-state index in [0.29, 0.717) is 56.3 Å². The van der Waals surface area contributed by atoms with Gasteiger partial charge in [0.05, 0.1) is 18.4 Å². The van der Waals surface area contributed by atoms with Crippen LogP contribution in [0.25, 0.3) is 0 Å². The molecule has 170 valence electrons. The molecule has 3 N–H and O–H groups in total. The van der Waals surface area contributed by atoms with Gasteiger partial charge >= 0.3 is 5.97 Å². The maximum atomic E-state index is 12.4. The zero-order chi connectivity index (χ0) is 22.9. The molecule has 0 unspecified atom stereocenters. The lowest BCUT2D eigenvalue weighted by Crippen LogP contribution is -2.50. The number of aromatic nitrogens is 1. The molecule has 1 aliphatic rings. The number of rotatable bonds is 9. The molecule has 1 saturated heterocycles. The van der Waals surface area contributed by atoms with E-state index in [2.05, 4.69) is 22.5 Å². The SMILES string of the molecule is CCCCNC(=O)CN1CCN(c2ncc(NC(=O)c3ccccc3)cc2C(=O)O)CC1. The van der Waals surface area contributed by atoms with Crippen molar-refractivity contribution in [3.05, 3.63) is 53.7 Å². The molecule has 0 radical (unpaired) electrons. The van der Waals surface area contributed by atoms with Gasteiger partial charge in [-0.25, -0.2) is 9.78 Å². The summed E-state index contributed by atoms with van der Waals surface area (Å²) in [6, 6.07) is 10.1. The Labute approximate surface area is 187 Å². The van der Waals surface area contributed by atoms with Crippen LogP contribution >= 0.6 is 0 Å². The van der Waals surface area contributed by atoms with E-state index in [1.54, 1.807) is 24.3 Å². The fourth-order valence-corrected chi connectivity index (χ4v) is 3.51. The number of hydrogen-bond donors (Lipinski definition) is 3. The highest BCUT2D eigenvalue weighted by Gasteiger charge is 2.24. The highest BCUT2D eigenvalue weighted by Crippen LogP contribution is 2.23. The predicted molar refractivity (Wildman–Crippen MR) is 122 cm³/mol. The van der Waals surface area contributed by atoms with Gasteiger partial charge in [-0.1, -0.05) is 31.5 Å². The number of anilines is 2. The molecule has 2 heterocycles. The second kappa shape index (κ2) is 11.2. The third-order valence-corrected chi connectivity index (χ3v) is 5.28. The standard InChI is InChI=1S/C23H29N5O4/c1-2-3-9-24-20(29)16-27-10-12-28(13-11-27)21-19(23(31)32)14-18(15-25-21)26-22(30)17-7-5-4-6-8-17/h4-8,14-15H,2-3,9-13,16H2,1H3,(H,24,29)(H,26,30)(H,31,32). The minimum Gasteiger partial charge on any atom is -0.478 e. The number of piperazine rings is 1. The van der Waals surface area contributed by atoms with Crippen molar-refractivity contribution in [2.75, 3.05) is 49.5 Å². The Bertz CT molecular complexity index is 943. The third kappa shape index (κ3) is 6.27. The quantitative estimate of drug-likeness (QED) is 0.513. The van der Waals surface area contributed by atoms with E-state index in [0.717, 1.165) is 12.8 Å². The molecular weight excluding hydrogens is 410 g/mol. The average molecular weight is 440 g/mol. The summed E-state index contributed by atoms with van der Waals surface area (Å²) in [7, 11) is 0. The molecule has 9 nitrogen and oxygen atoms in total. The fraction of sp³-hybridized carbons (Fsp3) is 0.391. The molecule has 0 spiro atoms. The van der Waals surface area contributed by atoms with Crippen molar-refractivity contribution in [3.63, 3.8) is 0 Å². The van der Waals surface area contributed by atoms with Crippen molar-refractivity contribution in [1.29, 1.82) is 0 Å². The van der Waals surface area contributed by atoms with E-state index < -0.39 is 5.97 Å². The van der Waals surface area contributed by atoms with Crippen LogP contribution in [0.15, 0.2) is 42.6 Å². The van der Waals surface area contributed by atoms with Gasteiger partial charge in [-0.2, -0.15) is 0 Å².